The molecule has 0 saturated heterocycles. The van der Waals surface area contributed by atoms with Gasteiger partial charge in [0.2, 0.25) is 5.91 Å². The number of rotatable bonds is 18. The largest absolute Gasteiger partial charge is 0.497 e. The summed E-state index contributed by atoms with van der Waals surface area (Å²) < 4.78 is 24.4. The average molecular weight is 817 g/mol. The molecule has 4 aromatic heterocycles. The zero-order valence-corrected chi connectivity index (χ0v) is 34.4. The molecule has 60 heavy (non-hydrogen) atoms. The summed E-state index contributed by atoms with van der Waals surface area (Å²) in [5, 5.41) is 19.1. The van der Waals surface area contributed by atoms with Gasteiger partial charge in [-0.15, -0.1) is 0 Å². The number of hydroxylamine groups is 2. The Morgan fingerprint density at radius 1 is 0.900 bits per heavy atom. The maximum atomic E-state index is 13.6. The van der Waals surface area contributed by atoms with E-state index in [0.29, 0.717) is 66.4 Å². The van der Waals surface area contributed by atoms with Crippen LogP contribution < -0.4 is 29.2 Å². The molecular formula is C44H48N8O8. The van der Waals surface area contributed by atoms with Crippen LogP contribution >= 0.6 is 0 Å². The number of nitrogens with one attached hydrogen (secondary N) is 1. The first kappa shape index (κ1) is 41.2. The standard InChI is InChI=1S/C44H48N8O8/c1-7-52(44(54)55)60-15-14-51-26-31(21-47-51)34-20-35(34)43(53)49-41-17-30-16-38(36-22-45-13-12-27(36)2)48-42(37(30)23-46-41)50(24-28-8-10-32(56-3)18-39(28)58-5)25-29-9-11-33(57-4)19-40(29)59-6/h8-13,16-19,21-23,26,34-35H,7,14-15,20,24-25H2,1-6H3,(H,54,55)(H,46,49,53). The van der Waals surface area contributed by atoms with Gasteiger partial charge in [-0.1, -0.05) is 0 Å². The van der Waals surface area contributed by atoms with Crippen molar-refractivity contribution in [3.63, 3.8) is 0 Å². The SMILES string of the molecule is CCN(OCCn1cc(C2CC2C(=O)Nc2cc3cc(-c4cnccc4C)nc(N(Cc4ccc(OC)cc4OC)Cc4ccc(OC)cc4OC)c3cn2)cn1)C(=O)O. The number of fused-ring (bicyclic) bond motifs is 1. The van der Waals surface area contributed by atoms with Gasteiger partial charge in [0, 0.05) is 84.5 Å². The molecule has 2 unspecified atom stereocenters. The highest BCUT2D eigenvalue weighted by molar-refractivity contribution is 5.99. The third kappa shape index (κ3) is 9.18. The molecule has 7 rings (SSSR count). The van der Waals surface area contributed by atoms with E-state index in [4.69, 9.17) is 33.8 Å². The Hall–Kier alpha value is -6.94. The number of aromatic nitrogens is 5. The molecule has 0 spiro atoms. The molecule has 0 bridgehead atoms. The fourth-order valence-corrected chi connectivity index (χ4v) is 7.18. The van der Waals surface area contributed by atoms with E-state index in [0.717, 1.165) is 43.7 Å². The Bertz CT molecular complexity index is 2440. The zero-order valence-electron chi connectivity index (χ0n) is 34.4. The van der Waals surface area contributed by atoms with E-state index in [1.165, 1.54) is 0 Å². The number of ether oxygens (including phenoxy) is 4. The Balaban J connectivity index is 1.20. The van der Waals surface area contributed by atoms with E-state index in [9.17, 15) is 14.7 Å². The number of hydrogen-bond acceptors (Lipinski definition) is 12. The van der Waals surface area contributed by atoms with Gasteiger partial charge in [0.1, 0.15) is 34.6 Å². The number of carbonyl (C=O) groups excluding carboxylic acids is 1. The highest BCUT2D eigenvalue weighted by atomic mass is 16.7. The lowest BCUT2D eigenvalue weighted by molar-refractivity contribution is -0.130. The number of pyridine rings is 3. The molecule has 0 aliphatic heterocycles. The lowest BCUT2D eigenvalue weighted by Gasteiger charge is -2.28. The smallest absolute Gasteiger partial charge is 0.431 e. The molecule has 6 aromatic rings. The first-order valence-corrected chi connectivity index (χ1v) is 19.5. The van der Waals surface area contributed by atoms with Gasteiger partial charge in [-0.25, -0.2) is 14.8 Å². The van der Waals surface area contributed by atoms with Crippen molar-refractivity contribution in [1.82, 2.24) is 29.8 Å². The minimum atomic E-state index is -1.15. The summed E-state index contributed by atoms with van der Waals surface area (Å²) in [5.74, 6) is 3.34. The Morgan fingerprint density at radius 2 is 1.60 bits per heavy atom. The third-order valence-electron chi connectivity index (χ3n) is 10.5. The summed E-state index contributed by atoms with van der Waals surface area (Å²) in [7, 11) is 6.50. The van der Waals surface area contributed by atoms with E-state index in [-0.39, 0.29) is 30.9 Å². The van der Waals surface area contributed by atoms with Gasteiger partial charge >= 0.3 is 6.09 Å². The first-order valence-electron chi connectivity index (χ1n) is 19.5. The van der Waals surface area contributed by atoms with Crippen molar-refractivity contribution in [1.29, 1.82) is 0 Å². The second-order valence-corrected chi connectivity index (χ2v) is 14.3. The minimum Gasteiger partial charge on any atom is -0.497 e. The Labute approximate surface area is 347 Å². The molecule has 2 atom stereocenters. The maximum Gasteiger partial charge on any atom is 0.431 e. The molecule has 16 heteroatoms. The third-order valence-corrected chi connectivity index (χ3v) is 10.5. The van der Waals surface area contributed by atoms with E-state index >= 15 is 0 Å². The van der Waals surface area contributed by atoms with Gasteiger partial charge in [0.05, 0.1) is 53.5 Å². The number of benzene rings is 2. The Morgan fingerprint density at radius 3 is 2.22 bits per heavy atom. The van der Waals surface area contributed by atoms with Crippen LogP contribution in [0.15, 0.2) is 85.6 Å². The number of amides is 2. The van der Waals surface area contributed by atoms with Crippen molar-refractivity contribution in [3.05, 3.63) is 108 Å². The highest BCUT2D eigenvalue weighted by Gasteiger charge is 2.44. The van der Waals surface area contributed by atoms with Crippen LogP contribution in [0.1, 0.15) is 41.5 Å². The van der Waals surface area contributed by atoms with Crippen molar-refractivity contribution in [2.45, 2.75) is 45.8 Å². The van der Waals surface area contributed by atoms with Gasteiger partial charge in [0.15, 0.2) is 0 Å². The zero-order chi connectivity index (χ0) is 42.3. The normalized spacial score (nSPS) is 14.4. The van der Waals surface area contributed by atoms with E-state index < -0.39 is 6.09 Å². The fraction of sp³-hybridized carbons (Fsp3) is 0.318. The van der Waals surface area contributed by atoms with Gasteiger partial charge in [0.25, 0.3) is 0 Å². The van der Waals surface area contributed by atoms with Crippen LogP contribution in [0.25, 0.3) is 22.0 Å². The molecule has 1 saturated carbocycles. The van der Waals surface area contributed by atoms with E-state index in [1.807, 2.05) is 67.7 Å². The topological polar surface area (TPSA) is 176 Å². The maximum absolute atomic E-state index is 13.6. The first-order chi connectivity index (χ1) is 29.1. The number of nitrogens with zero attached hydrogens (tertiary/aromatic N) is 7. The lowest BCUT2D eigenvalue weighted by Crippen LogP contribution is -2.30. The predicted octanol–water partition coefficient (Wildman–Crippen LogP) is 7.11. The summed E-state index contributed by atoms with van der Waals surface area (Å²) in [6.45, 7) is 5.23. The van der Waals surface area contributed by atoms with Crippen LogP contribution in [0.4, 0.5) is 16.4 Å². The lowest BCUT2D eigenvalue weighted by atomic mass is 10.0. The van der Waals surface area contributed by atoms with Gasteiger partial charge in [-0.3, -0.25) is 19.3 Å². The molecule has 1 aliphatic carbocycles. The van der Waals surface area contributed by atoms with E-state index in [1.54, 1.807) is 64.8 Å². The quantitative estimate of drug-likeness (QED) is 0.0841. The monoisotopic (exact) mass is 816 g/mol. The van der Waals surface area contributed by atoms with Crippen molar-refractivity contribution in [2.24, 2.45) is 5.92 Å². The van der Waals surface area contributed by atoms with Crippen LogP contribution in [0.3, 0.4) is 0 Å². The average Bonchev–Trinajstić information content (AvgIpc) is 3.94. The molecule has 1 aliphatic rings. The minimum absolute atomic E-state index is 0.000644. The second kappa shape index (κ2) is 18.3. The summed E-state index contributed by atoms with van der Waals surface area (Å²) in [5.41, 5.74) is 5.31. The second-order valence-electron chi connectivity index (χ2n) is 14.3. The molecule has 2 aromatic carbocycles. The van der Waals surface area contributed by atoms with Gasteiger partial charge in [-0.05, 0) is 85.2 Å². The summed E-state index contributed by atoms with van der Waals surface area (Å²) in [4.78, 5) is 46.8. The molecule has 1 fully saturated rings. The van der Waals surface area contributed by atoms with Crippen LogP contribution in [0.2, 0.25) is 0 Å². The van der Waals surface area contributed by atoms with Crippen LogP contribution in [-0.4, -0.2) is 88.5 Å². The molecule has 4 heterocycles. The van der Waals surface area contributed by atoms with Crippen LogP contribution in [0, 0.1) is 12.8 Å². The van der Waals surface area contributed by atoms with Crippen molar-refractivity contribution < 1.29 is 38.5 Å². The number of anilines is 2. The van der Waals surface area contributed by atoms with Gasteiger partial charge < -0.3 is 34.3 Å². The van der Waals surface area contributed by atoms with Crippen LogP contribution in [0.5, 0.6) is 23.0 Å². The van der Waals surface area contributed by atoms with Crippen LogP contribution in [-0.2, 0) is 29.3 Å². The molecular weight excluding hydrogens is 769 g/mol. The highest BCUT2D eigenvalue weighted by Crippen LogP contribution is 2.48. The molecule has 2 amide bonds. The van der Waals surface area contributed by atoms with Crippen molar-refractivity contribution in [3.8, 4) is 34.3 Å². The number of carbonyl (C=O) groups is 2. The number of methoxy groups -OCH3 is 4. The van der Waals surface area contributed by atoms with Crippen molar-refractivity contribution >= 4 is 34.4 Å². The molecule has 16 nitrogen and oxygen atoms in total. The molecule has 0 radical (unpaired) electrons. The summed E-state index contributed by atoms with van der Waals surface area (Å²) in [6, 6.07) is 17.3. The van der Waals surface area contributed by atoms with Crippen molar-refractivity contribution in [2.75, 3.05) is 51.8 Å². The van der Waals surface area contributed by atoms with Gasteiger partial charge in [-0.2, -0.15) is 10.2 Å². The number of hydrogen-bond donors (Lipinski definition) is 2. The Kier molecular flexibility index (Phi) is 12.6. The van der Waals surface area contributed by atoms with E-state index in [2.05, 4.69) is 20.3 Å². The number of aryl methyl sites for hydroxylation is 1. The predicted molar refractivity (Wildman–Crippen MR) is 225 cm³/mol. The molecule has 312 valence electrons. The molecule has 2 N–H and O–H groups in total. The number of carboxylic acid groups (broad SMARTS) is 1. The fourth-order valence-electron chi connectivity index (χ4n) is 7.18. The summed E-state index contributed by atoms with van der Waals surface area (Å²) in [6.07, 6.45) is 8.44. The summed E-state index contributed by atoms with van der Waals surface area (Å²) >= 11 is 0.